The zero-order chi connectivity index (χ0) is 21.2. The highest BCUT2D eigenvalue weighted by Gasteiger charge is 2.48. The lowest BCUT2D eigenvalue weighted by atomic mass is 9.74. The van der Waals surface area contributed by atoms with E-state index < -0.39 is 0 Å². The van der Waals surface area contributed by atoms with Crippen LogP contribution in [0.1, 0.15) is 23.3 Å². The van der Waals surface area contributed by atoms with Crippen molar-refractivity contribution in [1.29, 1.82) is 0 Å². The molecule has 154 valence electrons. The highest BCUT2D eigenvalue weighted by atomic mass is 32.2. The molecule has 0 amide bonds. The van der Waals surface area contributed by atoms with Crippen LogP contribution in [0, 0.1) is 5.92 Å². The van der Waals surface area contributed by atoms with Gasteiger partial charge in [0.15, 0.2) is 10.1 Å². The Morgan fingerprint density at radius 1 is 0.871 bits per heavy atom. The van der Waals surface area contributed by atoms with E-state index in [1.165, 1.54) is 21.6 Å². The molecule has 0 fully saturated rings. The van der Waals surface area contributed by atoms with E-state index >= 15 is 0 Å². The van der Waals surface area contributed by atoms with Gasteiger partial charge in [-0.15, -0.1) is 0 Å². The van der Waals surface area contributed by atoms with E-state index in [1.54, 1.807) is 0 Å². The lowest BCUT2D eigenvalue weighted by molar-refractivity contribution is 0.222. The zero-order valence-corrected chi connectivity index (χ0v) is 19.1. The average Bonchev–Trinajstić information content (AvgIpc) is 2.83. The topological polar surface area (TPSA) is 9.23 Å². The summed E-state index contributed by atoms with van der Waals surface area (Å²) in [6.07, 6.45) is 6.51. The van der Waals surface area contributed by atoms with Gasteiger partial charge in [-0.25, -0.2) is 0 Å². The minimum atomic E-state index is -0.0937. The first-order valence-corrected chi connectivity index (χ1v) is 12.6. The Balaban J connectivity index is 1.61. The van der Waals surface area contributed by atoms with Crippen LogP contribution < -0.4 is 4.74 Å². The zero-order valence-electron chi connectivity index (χ0n) is 17.5. The Morgan fingerprint density at radius 2 is 1.55 bits per heavy atom. The summed E-state index contributed by atoms with van der Waals surface area (Å²) in [6, 6.07) is 29.7. The van der Waals surface area contributed by atoms with E-state index in [4.69, 9.17) is 17.0 Å². The second-order valence-electron chi connectivity index (χ2n) is 7.79. The fourth-order valence-corrected chi connectivity index (χ4v) is 7.64. The number of hydrogen-bond donors (Lipinski definition) is 0. The van der Waals surface area contributed by atoms with Crippen molar-refractivity contribution in [2.24, 2.45) is 5.92 Å². The first-order chi connectivity index (χ1) is 15.3. The quantitative estimate of drug-likeness (QED) is 0.321. The number of fused-ring (bicyclic) bond motifs is 2. The fourth-order valence-electron chi connectivity index (χ4n) is 4.67. The molecule has 0 heterocycles. The van der Waals surface area contributed by atoms with Gasteiger partial charge < -0.3 is 4.74 Å². The number of benzene rings is 3. The van der Waals surface area contributed by atoms with Crippen LogP contribution in [0.4, 0.5) is 0 Å². The molecule has 2 aliphatic carbocycles. The van der Waals surface area contributed by atoms with Crippen LogP contribution >= 0.6 is 12.2 Å². The fraction of sp³-hybridized carbons (Fsp3) is 0.179. The first-order valence-electron chi connectivity index (χ1n) is 10.8. The molecule has 4 atom stereocenters. The predicted octanol–water partition coefficient (Wildman–Crippen LogP) is 6.72. The van der Waals surface area contributed by atoms with Crippen LogP contribution in [0.15, 0.2) is 114 Å². The third-order valence-electron chi connectivity index (χ3n) is 6.03. The van der Waals surface area contributed by atoms with Gasteiger partial charge in [0, 0.05) is 21.3 Å². The summed E-state index contributed by atoms with van der Waals surface area (Å²) < 4.78 is 6.47. The molecule has 1 nitrogen and oxygen atoms in total. The van der Waals surface area contributed by atoms with Crippen molar-refractivity contribution in [3.8, 4) is 5.75 Å². The highest BCUT2D eigenvalue weighted by Crippen LogP contribution is 2.48. The number of rotatable bonds is 5. The van der Waals surface area contributed by atoms with Crippen molar-refractivity contribution in [2.45, 2.75) is 23.2 Å². The van der Waals surface area contributed by atoms with E-state index in [0.29, 0.717) is 5.25 Å². The Hall–Kier alpha value is -2.62. The van der Waals surface area contributed by atoms with Crippen molar-refractivity contribution in [1.82, 2.24) is 0 Å². The SMILES string of the molecule is CC[S+](c1ccccc1)C1C2=CC=CC(Oc3ccccc3)C2C(=S)c2ccccc21. The van der Waals surface area contributed by atoms with Gasteiger partial charge in [0.25, 0.3) is 0 Å². The maximum absolute atomic E-state index is 6.47. The smallest absolute Gasteiger partial charge is 0.171 e. The van der Waals surface area contributed by atoms with Gasteiger partial charge in [0.05, 0.1) is 5.92 Å². The summed E-state index contributed by atoms with van der Waals surface area (Å²) in [5, 5.41) is 0.312. The number of allylic oxidation sites excluding steroid dienone is 2. The van der Waals surface area contributed by atoms with Gasteiger partial charge in [-0.1, -0.05) is 85.0 Å². The minimum Gasteiger partial charge on any atom is -0.485 e. The van der Waals surface area contributed by atoms with Crippen LogP contribution in [0.3, 0.4) is 0 Å². The molecule has 0 aromatic heterocycles. The molecule has 31 heavy (non-hydrogen) atoms. The third-order valence-corrected chi connectivity index (χ3v) is 9.10. The predicted molar refractivity (Wildman–Crippen MR) is 135 cm³/mol. The standard InChI is InChI=1S/C28H25OS2/c1-2-31(21-14-7-4-8-15-21)28-23-17-10-9-16-22(23)27(30)26-24(28)18-11-19-25(26)29-20-12-5-3-6-13-20/h3-19,25-26,28H,2H2,1H3/q+1. The van der Waals surface area contributed by atoms with Gasteiger partial charge in [0.2, 0.25) is 0 Å². The molecule has 0 radical (unpaired) electrons. The normalized spacial score (nSPS) is 22.8. The second-order valence-corrected chi connectivity index (χ2v) is 10.6. The summed E-state index contributed by atoms with van der Waals surface area (Å²) in [4.78, 5) is 2.41. The molecule has 3 aromatic rings. The second kappa shape index (κ2) is 8.86. The molecule has 0 saturated heterocycles. The highest BCUT2D eigenvalue weighted by molar-refractivity contribution is 7.97. The molecule has 3 heteroatoms. The number of ether oxygens (including phenoxy) is 1. The molecule has 4 unspecified atom stereocenters. The summed E-state index contributed by atoms with van der Waals surface area (Å²) in [7, 11) is 0.0453. The number of para-hydroxylation sites is 1. The third kappa shape index (κ3) is 3.77. The molecule has 0 saturated carbocycles. The van der Waals surface area contributed by atoms with Crippen molar-refractivity contribution >= 4 is 28.0 Å². The van der Waals surface area contributed by atoms with Crippen LogP contribution in [-0.4, -0.2) is 16.7 Å². The summed E-state index contributed by atoms with van der Waals surface area (Å²) >= 11 is 6.09. The number of thiocarbonyl (C=S) groups is 1. The molecule has 0 aliphatic heterocycles. The van der Waals surface area contributed by atoms with Gasteiger partial charge in [-0.05, 0) is 48.4 Å². The van der Waals surface area contributed by atoms with E-state index in [1.807, 2.05) is 30.3 Å². The van der Waals surface area contributed by atoms with E-state index in [0.717, 1.165) is 16.4 Å². The molecular formula is C28H25OS2+. The van der Waals surface area contributed by atoms with Crippen LogP contribution in [0.2, 0.25) is 0 Å². The van der Waals surface area contributed by atoms with Gasteiger partial charge in [0.1, 0.15) is 17.6 Å². The summed E-state index contributed by atoms with van der Waals surface area (Å²) in [6.45, 7) is 2.30. The lowest BCUT2D eigenvalue weighted by Crippen LogP contribution is -2.41. The Kier molecular flexibility index (Phi) is 5.80. The molecular weight excluding hydrogens is 416 g/mol. The van der Waals surface area contributed by atoms with E-state index in [2.05, 4.69) is 79.7 Å². The van der Waals surface area contributed by atoms with Gasteiger partial charge >= 0.3 is 0 Å². The molecule has 0 N–H and O–H groups in total. The molecule has 3 aromatic carbocycles. The lowest BCUT2D eigenvalue weighted by Gasteiger charge is -2.38. The van der Waals surface area contributed by atoms with Crippen molar-refractivity contribution < 1.29 is 4.74 Å². The van der Waals surface area contributed by atoms with E-state index in [9.17, 15) is 0 Å². The molecule has 0 spiro atoms. The maximum atomic E-state index is 6.47. The van der Waals surface area contributed by atoms with Crippen molar-refractivity contribution in [2.75, 3.05) is 5.75 Å². The molecule has 0 bridgehead atoms. The van der Waals surface area contributed by atoms with Gasteiger partial charge in [-0.2, -0.15) is 0 Å². The average molecular weight is 442 g/mol. The monoisotopic (exact) mass is 441 g/mol. The number of hydrogen-bond acceptors (Lipinski definition) is 2. The summed E-state index contributed by atoms with van der Waals surface area (Å²) in [5.74, 6) is 2.05. The maximum Gasteiger partial charge on any atom is 0.171 e. The molecule has 2 aliphatic rings. The van der Waals surface area contributed by atoms with Gasteiger partial charge in [-0.3, -0.25) is 0 Å². The summed E-state index contributed by atoms with van der Waals surface area (Å²) in [5.41, 5.74) is 3.96. The Morgan fingerprint density at radius 3 is 2.29 bits per heavy atom. The molecule has 5 rings (SSSR count). The Labute approximate surface area is 192 Å². The van der Waals surface area contributed by atoms with Crippen LogP contribution in [-0.2, 0) is 10.9 Å². The largest absolute Gasteiger partial charge is 0.485 e. The Bertz CT molecular complexity index is 1130. The minimum absolute atomic E-state index is 0.0453. The van der Waals surface area contributed by atoms with Crippen molar-refractivity contribution in [3.63, 3.8) is 0 Å². The van der Waals surface area contributed by atoms with Crippen LogP contribution in [0.25, 0.3) is 0 Å². The van der Waals surface area contributed by atoms with Crippen molar-refractivity contribution in [3.05, 3.63) is 120 Å². The van der Waals surface area contributed by atoms with E-state index in [-0.39, 0.29) is 22.9 Å². The van der Waals surface area contributed by atoms with Crippen LogP contribution in [0.5, 0.6) is 5.75 Å². The first kappa shape index (κ1) is 20.3.